The largest absolute Gasteiger partial charge is 0.293 e. The van der Waals surface area contributed by atoms with E-state index in [-0.39, 0.29) is 11.3 Å². The third kappa shape index (κ3) is 3.74. The number of rotatable bonds is 6. The standard InChI is InChI=1S/C20H17ClN2O2S/c1-3-11-23-19(25)16-10-9-15(21)12-17(16)22-20(23)26-13(2)18(24)14-7-5-4-6-8-14/h3-10,12-13H,1,11H2,2H3/t13-/m0/s1. The predicted molar refractivity (Wildman–Crippen MR) is 107 cm³/mol. The van der Waals surface area contributed by atoms with Crippen LogP contribution in [-0.4, -0.2) is 20.6 Å². The Morgan fingerprint density at radius 1 is 1.31 bits per heavy atom. The second-order valence-corrected chi connectivity index (χ2v) is 7.50. The molecule has 3 aromatic rings. The number of carbonyl (C=O) groups excluding carboxylic acids is 1. The van der Waals surface area contributed by atoms with Crippen LogP contribution in [0.15, 0.2) is 71.1 Å². The fraction of sp³-hybridized carbons (Fsp3) is 0.150. The molecule has 0 unspecified atom stereocenters. The SMILES string of the molecule is C=CCn1c(S[C@@H](C)C(=O)c2ccccc2)nc2cc(Cl)ccc2c1=O. The zero-order valence-corrected chi connectivity index (χ0v) is 15.8. The molecule has 0 spiro atoms. The van der Waals surface area contributed by atoms with E-state index < -0.39 is 5.25 Å². The molecule has 6 heteroatoms. The van der Waals surface area contributed by atoms with Gasteiger partial charge in [0.05, 0.1) is 16.2 Å². The Hall–Kier alpha value is -2.37. The maximum atomic E-state index is 12.8. The number of carbonyl (C=O) groups is 1. The highest BCUT2D eigenvalue weighted by Gasteiger charge is 2.20. The van der Waals surface area contributed by atoms with Crippen LogP contribution < -0.4 is 5.56 Å². The molecule has 0 saturated heterocycles. The molecule has 0 amide bonds. The van der Waals surface area contributed by atoms with Crippen LogP contribution >= 0.6 is 23.4 Å². The molecule has 0 N–H and O–H groups in total. The van der Waals surface area contributed by atoms with Crippen LogP contribution in [0.3, 0.4) is 0 Å². The first-order valence-corrected chi connectivity index (χ1v) is 9.34. The summed E-state index contributed by atoms with van der Waals surface area (Å²) in [5.74, 6) is -0.0128. The summed E-state index contributed by atoms with van der Waals surface area (Å²) >= 11 is 7.29. The third-order valence-corrected chi connectivity index (χ3v) is 5.23. The van der Waals surface area contributed by atoms with E-state index in [1.165, 1.54) is 16.3 Å². The molecule has 3 rings (SSSR count). The first-order valence-electron chi connectivity index (χ1n) is 8.08. The summed E-state index contributed by atoms with van der Waals surface area (Å²) in [6.07, 6.45) is 1.64. The lowest BCUT2D eigenvalue weighted by atomic mass is 10.1. The summed E-state index contributed by atoms with van der Waals surface area (Å²) in [6, 6.07) is 14.1. The average molecular weight is 385 g/mol. The van der Waals surface area contributed by atoms with Crippen molar-refractivity contribution >= 4 is 40.0 Å². The van der Waals surface area contributed by atoms with Crippen molar-refractivity contribution in [2.45, 2.75) is 23.9 Å². The lowest BCUT2D eigenvalue weighted by Gasteiger charge is -2.15. The zero-order valence-electron chi connectivity index (χ0n) is 14.2. The maximum absolute atomic E-state index is 12.8. The normalized spacial score (nSPS) is 12.1. The van der Waals surface area contributed by atoms with E-state index in [1.54, 1.807) is 36.4 Å². The fourth-order valence-electron chi connectivity index (χ4n) is 2.60. The Bertz CT molecular complexity index is 1030. The van der Waals surface area contributed by atoms with Gasteiger partial charge in [-0.25, -0.2) is 4.98 Å². The average Bonchev–Trinajstić information content (AvgIpc) is 2.64. The number of benzene rings is 2. The Labute approximate surface area is 160 Å². The third-order valence-electron chi connectivity index (χ3n) is 3.90. The summed E-state index contributed by atoms with van der Waals surface area (Å²) < 4.78 is 1.53. The molecule has 0 aliphatic rings. The molecule has 1 atom stereocenters. The van der Waals surface area contributed by atoms with E-state index in [2.05, 4.69) is 11.6 Å². The van der Waals surface area contributed by atoms with Gasteiger partial charge < -0.3 is 0 Å². The van der Waals surface area contributed by atoms with Gasteiger partial charge in [-0.2, -0.15) is 0 Å². The van der Waals surface area contributed by atoms with Crippen molar-refractivity contribution in [3.63, 3.8) is 0 Å². The monoisotopic (exact) mass is 384 g/mol. The van der Waals surface area contributed by atoms with Crippen LogP contribution in [0.4, 0.5) is 0 Å². The van der Waals surface area contributed by atoms with Crippen molar-refractivity contribution in [2.75, 3.05) is 0 Å². The Kier molecular flexibility index (Phi) is 5.59. The number of halogens is 1. The van der Waals surface area contributed by atoms with Gasteiger partial charge in [0.15, 0.2) is 10.9 Å². The molecule has 0 bridgehead atoms. The first kappa shape index (κ1) is 18.4. The topological polar surface area (TPSA) is 52.0 Å². The number of nitrogens with zero attached hydrogens (tertiary/aromatic N) is 2. The summed E-state index contributed by atoms with van der Waals surface area (Å²) in [5.41, 5.74) is 0.979. The van der Waals surface area contributed by atoms with Gasteiger partial charge in [-0.05, 0) is 25.1 Å². The van der Waals surface area contributed by atoms with E-state index in [0.717, 1.165) is 0 Å². The van der Waals surface area contributed by atoms with Crippen LogP contribution in [0.5, 0.6) is 0 Å². The number of aromatic nitrogens is 2. The van der Waals surface area contributed by atoms with Crippen LogP contribution in [0, 0.1) is 0 Å². The summed E-state index contributed by atoms with van der Waals surface area (Å²) in [4.78, 5) is 30.0. The van der Waals surface area contributed by atoms with E-state index >= 15 is 0 Å². The lowest BCUT2D eigenvalue weighted by molar-refractivity contribution is 0.0994. The number of ketones is 1. The van der Waals surface area contributed by atoms with Crippen molar-refractivity contribution in [2.24, 2.45) is 0 Å². The minimum Gasteiger partial charge on any atom is -0.293 e. The number of allylic oxidation sites excluding steroid dienone is 1. The maximum Gasteiger partial charge on any atom is 0.262 e. The Morgan fingerprint density at radius 2 is 2.04 bits per heavy atom. The summed E-state index contributed by atoms with van der Waals surface area (Å²) in [6.45, 7) is 5.84. The molecule has 0 aliphatic heterocycles. The molecule has 0 radical (unpaired) electrons. The van der Waals surface area contributed by atoms with Crippen LogP contribution in [0.25, 0.3) is 10.9 Å². The van der Waals surface area contributed by atoms with Crippen molar-refractivity contribution < 1.29 is 4.79 Å². The molecule has 132 valence electrons. The highest BCUT2D eigenvalue weighted by atomic mass is 35.5. The number of hydrogen-bond donors (Lipinski definition) is 0. The second-order valence-electron chi connectivity index (χ2n) is 5.75. The molecular weight excluding hydrogens is 368 g/mol. The van der Waals surface area contributed by atoms with Gasteiger partial charge in [0, 0.05) is 17.1 Å². The van der Waals surface area contributed by atoms with E-state index in [9.17, 15) is 9.59 Å². The van der Waals surface area contributed by atoms with Gasteiger partial charge in [-0.3, -0.25) is 14.2 Å². The van der Waals surface area contributed by atoms with Gasteiger partial charge in [0.2, 0.25) is 0 Å². The Balaban J connectivity index is 2.03. The highest BCUT2D eigenvalue weighted by Crippen LogP contribution is 2.26. The molecule has 4 nitrogen and oxygen atoms in total. The smallest absolute Gasteiger partial charge is 0.262 e. The van der Waals surface area contributed by atoms with Gasteiger partial charge in [0.25, 0.3) is 5.56 Å². The number of fused-ring (bicyclic) bond motifs is 1. The lowest BCUT2D eigenvalue weighted by Crippen LogP contribution is -2.24. The van der Waals surface area contributed by atoms with Crippen LogP contribution in [0.1, 0.15) is 17.3 Å². The Morgan fingerprint density at radius 3 is 2.73 bits per heavy atom. The van der Waals surface area contributed by atoms with Gasteiger partial charge in [-0.15, -0.1) is 6.58 Å². The van der Waals surface area contributed by atoms with Crippen molar-refractivity contribution in [3.8, 4) is 0 Å². The number of hydrogen-bond acceptors (Lipinski definition) is 4. The quantitative estimate of drug-likeness (QED) is 0.270. The molecule has 1 heterocycles. The fourth-order valence-corrected chi connectivity index (χ4v) is 3.76. The predicted octanol–water partition coefficient (Wildman–Crippen LogP) is 4.60. The van der Waals surface area contributed by atoms with Crippen molar-refractivity contribution in [3.05, 3.63) is 82.1 Å². The molecule has 2 aromatic carbocycles. The molecule has 0 saturated carbocycles. The van der Waals surface area contributed by atoms with Crippen LogP contribution in [-0.2, 0) is 6.54 Å². The molecule has 1 aromatic heterocycles. The van der Waals surface area contributed by atoms with Gasteiger partial charge in [-0.1, -0.05) is 59.8 Å². The minimum atomic E-state index is -0.392. The molecular formula is C20H17ClN2O2S. The molecule has 0 aliphatic carbocycles. The van der Waals surface area contributed by atoms with Crippen molar-refractivity contribution in [1.29, 1.82) is 0 Å². The van der Waals surface area contributed by atoms with E-state index in [4.69, 9.17) is 11.6 Å². The highest BCUT2D eigenvalue weighted by molar-refractivity contribution is 8.00. The second kappa shape index (κ2) is 7.89. The van der Waals surface area contributed by atoms with Crippen LogP contribution in [0.2, 0.25) is 5.02 Å². The first-order chi connectivity index (χ1) is 12.5. The van der Waals surface area contributed by atoms with Crippen molar-refractivity contribution in [1.82, 2.24) is 9.55 Å². The van der Waals surface area contributed by atoms with Gasteiger partial charge >= 0.3 is 0 Å². The minimum absolute atomic E-state index is 0.0128. The molecule has 26 heavy (non-hydrogen) atoms. The zero-order chi connectivity index (χ0) is 18.7. The van der Waals surface area contributed by atoms with E-state index in [1.807, 2.05) is 25.1 Å². The summed E-state index contributed by atoms with van der Waals surface area (Å²) in [5, 5.41) is 1.08. The molecule has 0 fully saturated rings. The van der Waals surface area contributed by atoms with Gasteiger partial charge in [0.1, 0.15) is 0 Å². The number of Topliss-reactive ketones (excluding diaryl/α,β-unsaturated/α-hetero) is 1. The number of thioether (sulfide) groups is 1. The van der Waals surface area contributed by atoms with E-state index in [0.29, 0.717) is 33.2 Å². The summed E-state index contributed by atoms with van der Waals surface area (Å²) in [7, 11) is 0.